The Kier molecular flexibility index (Phi) is 4.88. The van der Waals surface area contributed by atoms with Crippen LogP contribution in [0.15, 0.2) is 12.1 Å². The maximum atomic E-state index is 10.6. The Labute approximate surface area is 97.4 Å². The van der Waals surface area contributed by atoms with Crippen LogP contribution >= 0.6 is 11.3 Å². The number of aromatic carboxylic acids is 1. The van der Waals surface area contributed by atoms with Crippen LogP contribution in [0.25, 0.3) is 0 Å². The first-order valence-electron chi connectivity index (χ1n) is 4.90. The van der Waals surface area contributed by atoms with E-state index in [9.17, 15) is 15.0 Å². The zero-order valence-corrected chi connectivity index (χ0v) is 9.70. The summed E-state index contributed by atoms with van der Waals surface area (Å²) in [6.07, 6.45) is -1.49. The topological polar surface area (TPSA) is 89.8 Å². The summed E-state index contributed by atoms with van der Waals surface area (Å²) in [6, 6.07) is 2.96. The number of nitrogens with one attached hydrogen (secondary N) is 1. The number of thiophene rings is 1. The summed E-state index contributed by atoms with van der Waals surface area (Å²) in [7, 11) is 1.76. The average molecular weight is 245 g/mol. The van der Waals surface area contributed by atoms with E-state index in [0.29, 0.717) is 17.8 Å². The van der Waals surface area contributed by atoms with Crippen molar-refractivity contribution in [2.24, 2.45) is 0 Å². The third-order valence-electron chi connectivity index (χ3n) is 2.18. The minimum atomic E-state index is -1.02. The molecular weight excluding hydrogens is 230 g/mol. The van der Waals surface area contributed by atoms with Gasteiger partial charge in [-0.15, -0.1) is 11.3 Å². The van der Waals surface area contributed by atoms with E-state index in [4.69, 9.17) is 5.11 Å². The summed E-state index contributed by atoms with van der Waals surface area (Å²) >= 11 is 0.981. The highest BCUT2D eigenvalue weighted by atomic mass is 32.1. The van der Waals surface area contributed by atoms with E-state index in [2.05, 4.69) is 5.32 Å². The van der Waals surface area contributed by atoms with Crippen LogP contribution in [0.5, 0.6) is 0 Å². The third kappa shape index (κ3) is 3.28. The standard InChI is InChI=1S/C10H15NO4S/c1-11-5-4-6(12)9(13)7-2-3-8(16-7)10(14)15/h2-3,6,9,11-13H,4-5H2,1H3,(H,14,15). The molecule has 0 bridgehead atoms. The summed E-state index contributed by atoms with van der Waals surface area (Å²) < 4.78 is 0. The van der Waals surface area contributed by atoms with Gasteiger partial charge in [0, 0.05) is 4.88 Å². The van der Waals surface area contributed by atoms with Crippen molar-refractivity contribution in [1.82, 2.24) is 5.32 Å². The van der Waals surface area contributed by atoms with Gasteiger partial charge < -0.3 is 20.6 Å². The lowest BCUT2D eigenvalue weighted by Crippen LogP contribution is -2.22. The predicted molar refractivity (Wildman–Crippen MR) is 60.8 cm³/mol. The molecule has 0 radical (unpaired) electrons. The Morgan fingerprint density at radius 3 is 2.69 bits per heavy atom. The quantitative estimate of drug-likeness (QED) is 0.584. The number of carboxylic acids is 1. The first-order valence-corrected chi connectivity index (χ1v) is 5.71. The molecule has 0 aliphatic heterocycles. The Hall–Kier alpha value is -0.950. The van der Waals surface area contributed by atoms with Crippen LogP contribution in [0.1, 0.15) is 27.1 Å². The third-order valence-corrected chi connectivity index (χ3v) is 3.33. The van der Waals surface area contributed by atoms with Gasteiger partial charge in [-0.1, -0.05) is 0 Å². The second-order valence-corrected chi connectivity index (χ2v) is 4.53. The SMILES string of the molecule is CNCCC(O)C(O)c1ccc(C(=O)O)s1. The van der Waals surface area contributed by atoms with Crippen LogP contribution < -0.4 is 5.32 Å². The number of rotatable bonds is 6. The Morgan fingerprint density at radius 2 is 2.19 bits per heavy atom. The number of aliphatic hydroxyl groups excluding tert-OH is 2. The van der Waals surface area contributed by atoms with Gasteiger partial charge in [0.05, 0.1) is 6.10 Å². The first-order chi connectivity index (χ1) is 7.56. The number of hydrogen-bond donors (Lipinski definition) is 4. The van der Waals surface area contributed by atoms with Crippen LogP contribution in [-0.2, 0) is 0 Å². The first kappa shape index (κ1) is 13.1. The maximum absolute atomic E-state index is 10.6. The average Bonchev–Trinajstić information content (AvgIpc) is 2.74. The van der Waals surface area contributed by atoms with Crippen molar-refractivity contribution in [3.8, 4) is 0 Å². The molecule has 1 heterocycles. The van der Waals surface area contributed by atoms with E-state index in [-0.39, 0.29) is 4.88 Å². The molecule has 1 rings (SSSR count). The van der Waals surface area contributed by atoms with Gasteiger partial charge in [-0.25, -0.2) is 4.79 Å². The molecule has 0 aliphatic rings. The Balaban J connectivity index is 2.64. The summed E-state index contributed by atoms with van der Waals surface area (Å²) in [5, 5.41) is 31.0. The van der Waals surface area contributed by atoms with Crippen LogP contribution in [0.2, 0.25) is 0 Å². The maximum Gasteiger partial charge on any atom is 0.345 e. The van der Waals surface area contributed by atoms with Gasteiger partial charge in [0.2, 0.25) is 0 Å². The summed E-state index contributed by atoms with van der Waals surface area (Å²) in [5.41, 5.74) is 0. The molecule has 4 N–H and O–H groups in total. The summed E-state index contributed by atoms with van der Waals surface area (Å²) in [5.74, 6) is -1.02. The second kappa shape index (κ2) is 5.95. The number of hydrogen-bond acceptors (Lipinski definition) is 5. The van der Waals surface area contributed by atoms with Gasteiger partial charge >= 0.3 is 5.97 Å². The van der Waals surface area contributed by atoms with E-state index in [1.165, 1.54) is 12.1 Å². The molecule has 0 aliphatic carbocycles. The van der Waals surface area contributed by atoms with Crippen LogP contribution in [-0.4, -0.2) is 41.0 Å². The highest BCUT2D eigenvalue weighted by Crippen LogP contribution is 2.26. The van der Waals surface area contributed by atoms with Crippen molar-refractivity contribution in [3.63, 3.8) is 0 Å². The molecule has 0 spiro atoms. The zero-order valence-electron chi connectivity index (χ0n) is 8.88. The molecule has 0 saturated heterocycles. The Bertz CT molecular complexity index is 352. The van der Waals surface area contributed by atoms with E-state index in [1.54, 1.807) is 7.05 Å². The minimum Gasteiger partial charge on any atom is -0.477 e. The normalized spacial score (nSPS) is 14.7. The monoisotopic (exact) mass is 245 g/mol. The summed E-state index contributed by atoms with van der Waals surface area (Å²) in [4.78, 5) is 11.3. The molecule has 16 heavy (non-hydrogen) atoms. The van der Waals surface area contributed by atoms with Crippen LogP contribution in [0.4, 0.5) is 0 Å². The van der Waals surface area contributed by atoms with E-state index >= 15 is 0 Å². The fourth-order valence-corrected chi connectivity index (χ4v) is 2.16. The van der Waals surface area contributed by atoms with Gasteiger partial charge in [-0.05, 0) is 32.1 Å². The molecule has 1 aromatic heterocycles. The van der Waals surface area contributed by atoms with Crippen molar-refractivity contribution >= 4 is 17.3 Å². The molecule has 1 aromatic rings. The van der Waals surface area contributed by atoms with Gasteiger partial charge in [-0.2, -0.15) is 0 Å². The zero-order chi connectivity index (χ0) is 12.1. The number of carboxylic acid groups (broad SMARTS) is 1. The van der Waals surface area contributed by atoms with Gasteiger partial charge in [0.15, 0.2) is 0 Å². The molecule has 0 aromatic carbocycles. The molecule has 2 atom stereocenters. The predicted octanol–water partition coefficient (Wildman–Crippen LogP) is 0.450. The van der Waals surface area contributed by atoms with Crippen LogP contribution in [0.3, 0.4) is 0 Å². The van der Waals surface area contributed by atoms with Crippen molar-refractivity contribution in [2.45, 2.75) is 18.6 Å². The lowest BCUT2D eigenvalue weighted by Gasteiger charge is -2.15. The van der Waals surface area contributed by atoms with Crippen molar-refractivity contribution in [1.29, 1.82) is 0 Å². The highest BCUT2D eigenvalue weighted by Gasteiger charge is 2.20. The molecule has 2 unspecified atom stereocenters. The molecule has 0 amide bonds. The van der Waals surface area contributed by atoms with E-state index < -0.39 is 18.2 Å². The molecule has 6 heteroatoms. The minimum absolute atomic E-state index is 0.162. The van der Waals surface area contributed by atoms with E-state index in [0.717, 1.165) is 11.3 Å². The molecule has 5 nitrogen and oxygen atoms in total. The lowest BCUT2D eigenvalue weighted by atomic mass is 10.1. The van der Waals surface area contributed by atoms with Crippen molar-refractivity contribution in [3.05, 3.63) is 21.9 Å². The smallest absolute Gasteiger partial charge is 0.345 e. The fraction of sp³-hybridized carbons (Fsp3) is 0.500. The van der Waals surface area contributed by atoms with E-state index in [1.807, 2.05) is 0 Å². The number of carbonyl (C=O) groups is 1. The van der Waals surface area contributed by atoms with Gasteiger partial charge in [-0.3, -0.25) is 0 Å². The second-order valence-electron chi connectivity index (χ2n) is 3.41. The van der Waals surface area contributed by atoms with Gasteiger partial charge in [0.1, 0.15) is 11.0 Å². The van der Waals surface area contributed by atoms with Crippen molar-refractivity contribution < 1.29 is 20.1 Å². The highest BCUT2D eigenvalue weighted by molar-refractivity contribution is 7.14. The lowest BCUT2D eigenvalue weighted by molar-refractivity contribution is 0.0161. The molecule has 0 saturated carbocycles. The molecule has 90 valence electrons. The molecule has 0 fully saturated rings. The Morgan fingerprint density at radius 1 is 1.50 bits per heavy atom. The molecular formula is C10H15NO4S. The number of aliphatic hydroxyl groups is 2. The van der Waals surface area contributed by atoms with Crippen LogP contribution in [0, 0.1) is 0 Å². The van der Waals surface area contributed by atoms with Gasteiger partial charge in [0.25, 0.3) is 0 Å². The largest absolute Gasteiger partial charge is 0.477 e. The fourth-order valence-electron chi connectivity index (χ4n) is 1.27. The van der Waals surface area contributed by atoms with Crippen molar-refractivity contribution in [2.75, 3.05) is 13.6 Å². The summed E-state index contributed by atoms with van der Waals surface area (Å²) in [6.45, 7) is 0.593.